The van der Waals surface area contributed by atoms with E-state index in [0.717, 1.165) is 30.5 Å². The summed E-state index contributed by atoms with van der Waals surface area (Å²) in [4.78, 5) is 18.1. The first-order valence-corrected chi connectivity index (χ1v) is 6.54. The number of nitrogens with zero attached hydrogens (tertiary/aromatic N) is 2. The number of rotatable bonds is 3. The number of nitrogens with one attached hydrogen (secondary N) is 1. The highest BCUT2D eigenvalue weighted by Gasteiger charge is 2.26. The van der Waals surface area contributed by atoms with Gasteiger partial charge in [-0.3, -0.25) is 9.78 Å². The third kappa shape index (κ3) is 4.91. The highest BCUT2D eigenvalue weighted by atomic mass is 79.9. The van der Waals surface area contributed by atoms with Crippen LogP contribution >= 0.6 is 40.7 Å². The van der Waals surface area contributed by atoms with Crippen LogP contribution < -0.4 is 5.32 Å². The lowest BCUT2D eigenvalue weighted by Gasteiger charge is -2.16. The fraction of sp³-hybridized carbons (Fsp3) is 0.500. The van der Waals surface area contributed by atoms with E-state index in [9.17, 15) is 4.79 Å². The van der Waals surface area contributed by atoms with Crippen LogP contribution in [0.5, 0.6) is 0 Å². The summed E-state index contributed by atoms with van der Waals surface area (Å²) in [5.74, 6) is 0.654. The molecule has 2 heterocycles. The number of likely N-dealkylation sites (tertiary alicyclic amines) is 1. The second-order valence-corrected chi connectivity index (χ2v) is 5.27. The van der Waals surface area contributed by atoms with E-state index in [2.05, 4.69) is 26.2 Å². The van der Waals surface area contributed by atoms with Crippen molar-refractivity contribution >= 4 is 46.7 Å². The van der Waals surface area contributed by atoms with E-state index >= 15 is 0 Å². The first-order chi connectivity index (χ1) is 8.20. The maximum absolute atomic E-state index is 12.2. The molecule has 1 aliphatic heterocycles. The number of amides is 1. The van der Waals surface area contributed by atoms with Crippen molar-refractivity contribution in [2.24, 2.45) is 5.92 Å². The van der Waals surface area contributed by atoms with Gasteiger partial charge in [-0.1, -0.05) is 0 Å². The molecular formula is C12H18BrCl2N3O. The lowest BCUT2D eigenvalue weighted by atomic mass is 10.1. The van der Waals surface area contributed by atoms with Crippen LogP contribution in [-0.2, 0) is 0 Å². The van der Waals surface area contributed by atoms with E-state index in [4.69, 9.17) is 0 Å². The Bertz CT molecular complexity index is 420. The number of pyridine rings is 1. The van der Waals surface area contributed by atoms with E-state index < -0.39 is 0 Å². The van der Waals surface area contributed by atoms with Crippen LogP contribution in [0.2, 0.25) is 0 Å². The van der Waals surface area contributed by atoms with Crippen molar-refractivity contribution in [3.05, 3.63) is 28.5 Å². The molecule has 0 aromatic carbocycles. The van der Waals surface area contributed by atoms with Crippen LogP contribution in [0.1, 0.15) is 16.8 Å². The summed E-state index contributed by atoms with van der Waals surface area (Å²) in [6, 6.07) is 1.82. The largest absolute Gasteiger partial charge is 0.338 e. The SMILES string of the molecule is CNCC1CCN(C(=O)c2cncc(Br)c2)C1.Cl.Cl. The van der Waals surface area contributed by atoms with Gasteiger partial charge in [0, 0.05) is 30.0 Å². The van der Waals surface area contributed by atoms with Gasteiger partial charge < -0.3 is 10.2 Å². The third-order valence-electron chi connectivity index (χ3n) is 3.02. The molecule has 1 N–H and O–H groups in total. The summed E-state index contributed by atoms with van der Waals surface area (Å²) in [6.45, 7) is 2.66. The number of carbonyl (C=O) groups is 1. The highest BCUT2D eigenvalue weighted by Crippen LogP contribution is 2.19. The van der Waals surface area contributed by atoms with Gasteiger partial charge in [0.2, 0.25) is 0 Å². The van der Waals surface area contributed by atoms with Gasteiger partial charge in [0.05, 0.1) is 5.56 Å². The summed E-state index contributed by atoms with van der Waals surface area (Å²) in [7, 11) is 1.95. The van der Waals surface area contributed by atoms with Crippen molar-refractivity contribution in [2.45, 2.75) is 6.42 Å². The Labute approximate surface area is 134 Å². The molecule has 19 heavy (non-hydrogen) atoms. The zero-order chi connectivity index (χ0) is 12.3. The molecule has 0 bridgehead atoms. The molecule has 1 saturated heterocycles. The Morgan fingerprint density at radius 3 is 2.89 bits per heavy atom. The smallest absolute Gasteiger partial charge is 0.255 e. The van der Waals surface area contributed by atoms with Gasteiger partial charge in [0.15, 0.2) is 0 Å². The van der Waals surface area contributed by atoms with Gasteiger partial charge >= 0.3 is 0 Å². The molecule has 1 aliphatic rings. The summed E-state index contributed by atoms with van der Waals surface area (Å²) in [5, 5.41) is 3.16. The molecule has 2 rings (SSSR count). The molecule has 0 aliphatic carbocycles. The molecule has 1 aromatic rings. The van der Waals surface area contributed by atoms with Crippen LogP contribution in [0, 0.1) is 5.92 Å². The molecular weight excluding hydrogens is 353 g/mol. The molecule has 7 heteroatoms. The van der Waals surface area contributed by atoms with Crippen LogP contribution in [0.25, 0.3) is 0 Å². The van der Waals surface area contributed by atoms with E-state index in [1.54, 1.807) is 12.4 Å². The quantitative estimate of drug-likeness (QED) is 0.888. The monoisotopic (exact) mass is 369 g/mol. The lowest BCUT2D eigenvalue weighted by molar-refractivity contribution is 0.0786. The van der Waals surface area contributed by atoms with Gasteiger partial charge in [-0.2, -0.15) is 0 Å². The van der Waals surface area contributed by atoms with Crippen molar-refractivity contribution in [2.75, 3.05) is 26.7 Å². The van der Waals surface area contributed by atoms with E-state index in [-0.39, 0.29) is 30.7 Å². The fourth-order valence-corrected chi connectivity index (χ4v) is 2.55. The maximum Gasteiger partial charge on any atom is 0.255 e. The summed E-state index contributed by atoms with van der Waals surface area (Å²) < 4.78 is 0.842. The van der Waals surface area contributed by atoms with Crippen molar-refractivity contribution in [1.29, 1.82) is 0 Å². The van der Waals surface area contributed by atoms with Gasteiger partial charge in [0.1, 0.15) is 0 Å². The Kier molecular flexibility index (Phi) is 8.57. The molecule has 0 saturated carbocycles. The Balaban J connectivity index is 0.00000162. The average molecular weight is 371 g/mol. The number of aromatic nitrogens is 1. The zero-order valence-corrected chi connectivity index (χ0v) is 13.9. The minimum absolute atomic E-state index is 0. The van der Waals surface area contributed by atoms with Crippen LogP contribution in [-0.4, -0.2) is 42.5 Å². The topological polar surface area (TPSA) is 45.2 Å². The predicted molar refractivity (Wildman–Crippen MR) is 84.4 cm³/mol. The number of carbonyl (C=O) groups excluding carboxylic acids is 1. The average Bonchev–Trinajstić information content (AvgIpc) is 2.77. The fourth-order valence-electron chi connectivity index (χ4n) is 2.18. The lowest BCUT2D eigenvalue weighted by Crippen LogP contribution is -2.30. The van der Waals surface area contributed by atoms with Crippen molar-refractivity contribution in [3.8, 4) is 0 Å². The number of halogens is 3. The number of hydrogen-bond donors (Lipinski definition) is 1. The molecule has 4 nitrogen and oxygen atoms in total. The zero-order valence-electron chi connectivity index (χ0n) is 10.6. The summed E-state index contributed by atoms with van der Waals surface area (Å²) in [6.07, 6.45) is 4.39. The summed E-state index contributed by atoms with van der Waals surface area (Å²) >= 11 is 3.33. The Morgan fingerprint density at radius 1 is 1.53 bits per heavy atom. The van der Waals surface area contributed by atoms with Crippen LogP contribution in [0.15, 0.2) is 22.9 Å². The van der Waals surface area contributed by atoms with E-state index in [1.807, 2.05) is 18.0 Å². The molecule has 1 aromatic heterocycles. The molecule has 1 atom stereocenters. The normalized spacial score (nSPS) is 17.6. The van der Waals surface area contributed by atoms with Crippen molar-refractivity contribution in [1.82, 2.24) is 15.2 Å². The standard InChI is InChI=1S/C12H16BrN3O.2ClH/c1-14-5-9-2-3-16(8-9)12(17)10-4-11(13)7-15-6-10;;/h4,6-7,9,14H,2-3,5,8H2,1H3;2*1H. The van der Waals surface area contributed by atoms with Gasteiger partial charge in [-0.15, -0.1) is 24.8 Å². The molecule has 0 spiro atoms. The molecule has 1 unspecified atom stereocenters. The van der Waals surface area contributed by atoms with Gasteiger partial charge in [-0.05, 0) is 47.9 Å². The minimum atomic E-state index is 0. The minimum Gasteiger partial charge on any atom is -0.338 e. The van der Waals surface area contributed by atoms with E-state index in [0.29, 0.717) is 11.5 Å². The molecule has 108 valence electrons. The van der Waals surface area contributed by atoms with E-state index in [1.165, 1.54) is 0 Å². The third-order valence-corrected chi connectivity index (χ3v) is 3.45. The molecule has 1 fully saturated rings. The van der Waals surface area contributed by atoms with Crippen molar-refractivity contribution < 1.29 is 4.79 Å². The van der Waals surface area contributed by atoms with Crippen LogP contribution in [0.4, 0.5) is 0 Å². The first kappa shape index (κ1) is 18.6. The summed E-state index contributed by atoms with van der Waals surface area (Å²) in [5.41, 5.74) is 0.657. The molecule has 0 radical (unpaired) electrons. The molecule has 1 amide bonds. The number of hydrogen-bond acceptors (Lipinski definition) is 3. The predicted octanol–water partition coefficient (Wildman–Crippen LogP) is 2.37. The van der Waals surface area contributed by atoms with Gasteiger partial charge in [0.25, 0.3) is 5.91 Å². The Morgan fingerprint density at radius 2 is 2.26 bits per heavy atom. The second kappa shape index (κ2) is 8.74. The van der Waals surface area contributed by atoms with Gasteiger partial charge in [-0.25, -0.2) is 0 Å². The maximum atomic E-state index is 12.2. The van der Waals surface area contributed by atoms with Crippen molar-refractivity contribution in [3.63, 3.8) is 0 Å². The second-order valence-electron chi connectivity index (χ2n) is 4.36. The first-order valence-electron chi connectivity index (χ1n) is 5.75. The Hall–Kier alpha value is -0.360. The highest BCUT2D eigenvalue weighted by molar-refractivity contribution is 9.10. The van der Waals surface area contributed by atoms with Crippen LogP contribution in [0.3, 0.4) is 0 Å².